The minimum atomic E-state index is -0.102. The van der Waals surface area contributed by atoms with E-state index in [-0.39, 0.29) is 5.56 Å². The molecule has 8 heteroatoms. The summed E-state index contributed by atoms with van der Waals surface area (Å²) in [5, 5.41) is 1.63. The summed E-state index contributed by atoms with van der Waals surface area (Å²) >= 11 is 6.30. The van der Waals surface area contributed by atoms with Gasteiger partial charge < -0.3 is 19.5 Å². The number of hydrogen-bond acceptors (Lipinski definition) is 5. The first-order valence-electron chi connectivity index (χ1n) is 12.3. The number of pyridine rings is 2. The van der Waals surface area contributed by atoms with Crippen LogP contribution in [0.3, 0.4) is 0 Å². The van der Waals surface area contributed by atoms with E-state index in [2.05, 4.69) is 39.1 Å². The van der Waals surface area contributed by atoms with E-state index in [0.717, 1.165) is 52.2 Å². The number of rotatable bonds is 6. The molecule has 1 aliphatic heterocycles. The Morgan fingerprint density at radius 2 is 2.03 bits per heavy atom. The van der Waals surface area contributed by atoms with Gasteiger partial charge in [-0.15, -0.1) is 0 Å². The van der Waals surface area contributed by atoms with Crippen molar-refractivity contribution in [3.05, 3.63) is 88.2 Å². The molecule has 6 rings (SSSR count). The van der Waals surface area contributed by atoms with E-state index in [9.17, 15) is 4.79 Å². The highest BCUT2D eigenvalue weighted by molar-refractivity contribution is 6.30. The van der Waals surface area contributed by atoms with E-state index in [1.165, 1.54) is 12.8 Å². The van der Waals surface area contributed by atoms with Gasteiger partial charge in [0.2, 0.25) is 0 Å². The summed E-state index contributed by atoms with van der Waals surface area (Å²) < 4.78 is 7.18. The number of halogens is 1. The molecule has 0 radical (unpaired) electrons. The molecule has 0 atom stereocenters. The zero-order valence-electron chi connectivity index (χ0n) is 20.2. The van der Waals surface area contributed by atoms with Crippen LogP contribution in [0.25, 0.3) is 27.9 Å². The van der Waals surface area contributed by atoms with Gasteiger partial charge in [0, 0.05) is 72.4 Å². The van der Waals surface area contributed by atoms with E-state index in [0.29, 0.717) is 24.3 Å². The van der Waals surface area contributed by atoms with Gasteiger partial charge in [-0.3, -0.25) is 9.36 Å². The van der Waals surface area contributed by atoms with E-state index in [4.69, 9.17) is 16.3 Å². The second-order valence-corrected chi connectivity index (χ2v) is 9.87. The molecule has 2 aliphatic rings. The highest BCUT2D eigenvalue weighted by atomic mass is 35.5. The molecule has 184 valence electrons. The molecule has 0 amide bonds. The highest BCUT2D eigenvalue weighted by Gasteiger charge is 2.25. The minimum Gasteiger partial charge on any atom is -0.378 e. The van der Waals surface area contributed by atoms with Crippen LogP contribution in [0.15, 0.2) is 72.0 Å². The molecule has 2 fully saturated rings. The number of morpholine rings is 1. The maximum atomic E-state index is 13.5. The van der Waals surface area contributed by atoms with Crippen molar-refractivity contribution in [2.24, 2.45) is 0 Å². The third-order valence-electron chi connectivity index (χ3n) is 6.95. The molecule has 0 unspecified atom stereocenters. The maximum Gasteiger partial charge on any atom is 0.255 e. The third kappa shape index (κ3) is 4.52. The SMILES string of the molecule is CN(/C=C(\c1cccc(Cl)c1)n1ccc(-c2c[nH]c3ncc(N4CCOCC4)cc23)cc1=O)C1CC1. The Balaban J connectivity index is 1.39. The Kier molecular flexibility index (Phi) is 6.03. The van der Waals surface area contributed by atoms with Crippen LogP contribution in [-0.2, 0) is 4.74 Å². The predicted octanol–water partition coefficient (Wildman–Crippen LogP) is 4.82. The number of benzene rings is 1. The summed E-state index contributed by atoms with van der Waals surface area (Å²) in [5.74, 6) is 0. The van der Waals surface area contributed by atoms with Crippen molar-refractivity contribution in [3.63, 3.8) is 0 Å². The number of nitrogens with one attached hydrogen (secondary N) is 1. The summed E-state index contributed by atoms with van der Waals surface area (Å²) in [5.41, 5.74) is 5.28. The molecule has 1 saturated heterocycles. The van der Waals surface area contributed by atoms with Gasteiger partial charge in [0.1, 0.15) is 5.65 Å². The van der Waals surface area contributed by atoms with Crippen LogP contribution in [0.4, 0.5) is 5.69 Å². The Morgan fingerprint density at radius 3 is 2.78 bits per heavy atom. The lowest BCUT2D eigenvalue weighted by Gasteiger charge is -2.28. The van der Waals surface area contributed by atoms with Gasteiger partial charge in [0.15, 0.2) is 0 Å². The van der Waals surface area contributed by atoms with Crippen LogP contribution >= 0.6 is 11.6 Å². The van der Waals surface area contributed by atoms with Crippen LogP contribution < -0.4 is 10.5 Å². The molecule has 36 heavy (non-hydrogen) atoms. The molecule has 1 saturated carbocycles. The Morgan fingerprint density at radius 1 is 1.19 bits per heavy atom. The molecule has 4 aromatic rings. The first-order valence-corrected chi connectivity index (χ1v) is 12.7. The van der Waals surface area contributed by atoms with E-state index in [1.807, 2.05) is 48.9 Å². The first kappa shape index (κ1) is 22.9. The summed E-state index contributed by atoms with van der Waals surface area (Å²) in [6.45, 7) is 3.12. The summed E-state index contributed by atoms with van der Waals surface area (Å²) in [6.07, 6.45) is 10.1. The number of H-pyrrole nitrogens is 1. The van der Waals surface area contributed by atoms with Crippen molar-refractivity contribution in [2.45, 2.75) is 18.9 Å². The number of nitrogens with zero attached hydrogens (tertiary/aromatic N) is 4. The zero-order chi connectivity index (χ0) is 24.6. The van der Waals surface area contributed by atoms with E-state index < -0.39 is 0 Å². The van der Waals surface area contributed by atoms with Crippen molar-refractivity contribution in [3.8, 4) is 11.1 Å². The molecule has 7 nitrogen and oxygen atoms in total. The molecule has 3 aromatic heterocycles. The van der Waals surface area contributed by atoms with Crippen molar-refractivity contribution in [1.29, 1.82) is 0 Å². The lowest BCUT2D eigenvalue weighted by atomic mass is 10.1. The fourth-order valence-electron chi connectivity index (χ4n) is 4.77. The molecule has 0 bridgehead atoms. The average Bonchev–Trinajstić information content (AvgIpc) is 3.67. The van der Waals surface area contributed by atoms with Gasteiger partial charge in [-0.1, -0.05) is 23.7 Å². The second kappa shape index (κ2) is 9.48. The molecule has 0 spiro atoms. The standard InChI is InChI=1S/C28H28ClN5O2/c1-32(22-5-6-22)18-26(20-3-2-4-21(29)13-20)34-8-7-19(14-27(34)35)25-17-31-28-24(25)15-23(16-30-28)33-9-11-36-12-10-33/h2-4,7-8,13-18,22H,5-6,9-12H2,1H3,(H,30,31)/b26-18+. The zero-order valence-corrected chi connectivity index (χ0v) is 20.9. The van der Waals surface area contributed by atoms with Gasteiger partial charge in [-0.05, 0) is 42.7 Å². The Bertz CT molecular complexity index is 1500. The number of ether oxygens (including phenoxy) is 1. The van der Waals surface area contributed by atoms with Gasteiger partial charge in [0.05, 0.1) is 30.8 Å². The maximum absolute atomic E-state index is 13.5. The van der Waals surface area contributed by atoms with Gasteiger partial charge in [-0.2, -0.15) is 0 Å². The van der Waals surface area contributed by atoms with E-state index >= 15 is 0 Å². The molecular weight excluding hydrogens is 474 g/mol. The van der Waals surface area contributed by atoms with Crippen molar-refractivity contribution in [2.75, 3.05) is 38.3 Å². The van der Waals surface area contributed by atoms with Crippen LogP contribution in [0.5, 0.6) is 0 Å². The van der Waals surface area contributed by atoms with Crippen LogP contribution in [0, 0.1) is 0 Å². The monoisotopic (exact) mass is 501 g/mol. The summed E-state index contributed by atoms with van der Waals surface area (Å²) in [4.78, 5) is 25.8. The van der Waals surface area contributed by atoms with Gasteiger partial charge in [-0.25, -0.2) is 4.98 Å². The van der Waals surface area contributed by atoms with Crippen LogP contribution in [0.2, 0.25) is 5.02 Å². The van der Waals surface area contributed by atoms with Gasteiger partial charge in [0.25, 0.3) is 5.56 Å². The Hall–Kier alpha value is -3.55. The molecule has 1 aromatic carbocycles. The topological polar surface area (TPSA) is 66.4 Å². The first-order chi connectivity index (χ1) is 17.6. The largest absolute Gasteiger partial charge is 0.378 e. The quantitative estimate of drug-likeness (QED) is 0.410. The fraction of sp³-hybridized carbons (Fsp3) is 0.286. The number of aromatic nitrogens is 3. The molecular formula is C28H28ClN5O2. The molecule has 1 aliphatic carbocycles. The molecule has 4 heterocycles. The van der Waals surface area contributed by atoms with Gasteiger partial charge >= 0.3 is 0 Å². The predicted molar refractivity (Wildman–Crippen MR) is 144 cm³/mol. The van der Waals surface area contributed by atoms with Crippen molar-refractivity contribution >= 4 is 34.0 Å². The van der Waals surface area contributed by atoms with Crippen molar-refractivity contribution < 1.29 is 4.74 Å². The number of hydrogen-bond donors (Lipinski definition) is 1. The third-order valence-corrected chi connectivity index (χ3v) is 7.19. The van der Waals surface area contributed by atoms with Crippen LogP contribution in [0.1, 0.15) is 18.4 Å². The highest BCUT2D eigenvalue weighted by Crippen LogP contribution is 2.31. The normalized spacial score (nSPS) is 16.5. The Labute approximate surface area is 214 Å². The molecule has 1 N–H and O–H groups in total. The summed E-state index contributed by atoms with van der Waals surface area (Å²) in [6, 6.07) is 14.0. The fourth-order valence-corrected chi connectivity index (χ4v) is 4.97. The minimum absolute atomic E-state index is 0.102. The average molecular weight is 502 g/mol. The number of aromatic amines is 1. The summed E-state index contributed by atoms with van der Waals surface area (Å²) in [7, 11) is 2.06. The lowest BCUT2D eigenvalue weighted by molar-refractivity contribution is 0.122. The van der Waals surface area contributed by atoms with Crippen LogP contribution in [-0.4, -0.2) is 58.8 Å². The van der Waals surface area contributed by atoms with Crippen molar-refractivity contribution in [1.82, 2.24) is 19.4 Å². The smallest absolute Gasteiger partial charge is 0.255 e. The second-order valence-electron chi connectivity index (χ2n) is 9.44. The number of fused-ring (bicyclic) bond motifs is 1. The number of anilines is 1. The van der Waals surface area contributed by atoms with E-state index in [1.54, 1.807) is 10.6 Å². The lowest BCUT2D eigenvalue weighted by Crippen LogP contribution is -2.36.